The van der Waals surface area contributed by atoms with Gasteiger partial charge in [-0.05, 0) is 37.1 Å². The fourth-order valence-corrected chi connectivity index (χ4v) is 2.00. The molecule has 0 aliphatic carbocycles. The molecule has 0 fully saturated rings. The zero-order chi connectivity index (χ0) is 16.0. The van der Waals surface area contributed by atoms with Crippen LogP contribution in [0.25, 0.3) is 0 Å². The van der Waals surface area contributed by atoms with E-state index in [0.29, 0.717) is 17.9 Å². The van der Waals surface area contributed by atoms with Crippen molar-refractivity contribution in [2.24, 2.45) is 5.92 Å². The molecular formula is C15H21F3N2O. The molecule has 3 nitrogen and oxygen atoms in total. The summed E-state index contributed by atoms with van der Waals surface area (Å²) in [5.74, 6) is 0.144. The quantitative estimate of drug-likeness (QED) is 0.848. The molecule has 0 aliphatic heterocycles. The smallest absolute Gasteiger partial charge is 0.351 e. The summed E-state index contributed by atoms with van der Waals surface area (Å²) < 4.78 is 37.8. The highest BCUT2D eigenvalue weighted by atomic mass is 19.4. The van der Waals surface area contributed by atoms with Crippen LogP contribution in [0.3, 0.4) is 0 Å². The summed E-state index contributed by atoms with van der Waals surface area (Å²) in [6.07, 6.45) is -3.70. The molecule has 1 aromatic rings. The molecular weight excluding hydrogens is 281 g/mol. The van der Waals surface area contributed by atoms with Crippen molar-refractivity contribution in [2.75, 3.05) is 7.05 Å². The van der Waals surface area contributed by atoms with Crippen LogP contribution >= 0.6 is 0 Å². The standard InChI is InChI=1S/C15H21F3N2O/c1-10(2)7-13(19-3)14(21)20-9-11-5-4-6-12(8-11)15(16,17)18/h4-6,8,10,13,19H,7,9H2,1-3H3,(H,20,21). The van der Waals surface area contributed by atoms with Crippen LogP contribution in [0.5, 0.6) is 0 Å². The van der Waals surface area contributed by atoms with E-state index in [-0.39, 0.29) is 18.5 Å². The zero-order valence-corrected chi connectivity index (χ0v) is 12.4. The Morgan fingerprint density at radius 3 is 2.48 bits per heavy atom. The second-order valence-electron chi connectivity index (χ2n) is 5.39. The van der Waals surface area contributed by atoms with Crippen molar-refractivity contribution in [1.82, 2.24) is 10.6 Å². The monoisotopic (exact) mass is 302 g/mol. The number of hydrogen-bond acceptors (Lipinski definition) is 2. The Morgan fingerprint density at radius 2 is 1.95 bits per heavy atom. The predicted octanol–water partition coefficient (Wildman–Crippen LogP) is 2.96. The highest BCUT2D eigenvalue weighted by molar-refractivity contribution is 5.81. The van der Waals surface area contributed by atoms with Gasteiger partial charge in [0.15, 0.2) is 0 Å². The van der Waals surface area contributed by atoms with Crippen molar-refractivity contribution in [3.8, 4) is 0 Å². The molecule has 0 heterocycles. The van der Waals surface area contributed by atoms with E-state index in [9.17, 15) is 18.0 Å². The Kier molecular flexibility index (Phi) is 6.20. The summed E-state index contributed by atoms with van der Waals surface area (Å²) in [5.41, 5.74) is -0.279. The minimum Gasteiger partial charge on any atom is -0.351 e. The molecule has 0 saturated heterocycles. The number of hydrogen-bond donors (Lipinski definition) is 2. The van der Waals surface area contributed by atoms with Gasteiger partial charge in [-0.1, -0.05) is 26.0 Å². The molecule has 6 heteroatoms. The molecule has 1 amide bonds. The second-order valence-corrected chi connectivity index (χ2v) is 5.39. The first kappa shape index (κ1) is 17.5. The van der Waals surface area contributed by atoms with Crippen LogP contribution in [-0.2, 0) is 17.5 Å². The number of rotatable bonds is 6. The summed E-state index contributed by atoms with van der Waals surface area (Å²) in [6, 6.07) is 4.63. The van der Waals surface area contributed by atoms with E-state index in [4.69, 9.17) is 0 Å². The van der Waals surface area contributed by atoms with Gasteiger partial charge in [-0.25, -0.2) is 0 Å². The topological polar surface area (TPSA) is 41.1 Å². The van der Waals surface area contributed by atoms with Crippen molar-refractivity contribution in [2.45, 2.75) is 39.0 Å². The van der Waals surface area contributed by atoms with Gasteiger partial charge in [0.1, 0.15) is 0 Å². The van der Waals surface area contributed by atoms with Gasteiger partial charge in [0.05, 0.1) is 11.6 Å². The van der Waals surface area contributed by atoms with Crippen LogP contribution in [-0.4, -0.2) is 19.0 Å². The van der Waals surface area contributed by atoms with Gasteiger partial charge in [0.25, 0.3) is 0 Å². The SMILES string of the molecule is CNC(CC(C)C)C(=O)NCc1cccc(C(F)(F)F)c1. The third-order valence-electron chi connectivity index (χ3n) is 3.09. The summed E-state index contributed by atoms with van der Waals surface area (Å²) in [6.45, 7) is 4.09. The van der Waals surface area contributed by atoms with Gasteiger partial charge in [0.2, 0.25) is 5.91 Å². The Hall–Kier alpha value is -1.56. The second kappa shape index (κ2) is 7.45. The highest BCUT2D eigenvalue weighted by Gasteiger charge is 2.30. The van der Waals surface area contributed by atoms with Crippen molar-refractivity contribution >= 4 is 5.91 Å². The number of carbonyl (C=O) groups is 1. The first-order valence-electron chi connectivity index (χ1n) is 6.85. The number of carbonyl (C=O) groups excluding carboxylic acids is 1. The van der Waals surface area contributed by atoms with Crippen LogP contribution in [0.1, 0.15) is 31.4 Å². The van der Waals surface area contributed by atoms with Crippen LogP contribution in [0.2, 0.25) is 0 Å². The van der Waals surface area contributed by atoms with Crippen molar-refractivity contribution in [3.63, 3.8) is 0 Å². The maximum Gasteiger partial charge on any atom is 0.416 e. The molecule has 118 valence electrons. The molecule has 1 atom stereocenters. The Labute approximate surface area is 122 Å². The average Bonchev–Trinajstić information content (AvgIpc) is 2.41. The first-order valence-corrected chi connectivity index (χ1v) is 6.85. The van der Waals surface area contributed by atoms with Gasteiger partial charge in [0, 0.05) is 6.54 Å². The number of nitrogens with one attached hydrogen (secondary N) is 2. The minimum absolute atomic E-state index is 0.0824. The zero-order valence-electron chi connectivity index (χ0n) is 12.4. The molecule has 0 bridgehead atoms. The van der Waals surface area contributed by atoms with E-state index in [1.807, 2.05) is 13.8 Å². The molecule has 1 unspecified atom stereocenters. The van der Waals surface area contributed by atoms with Crippen molar-refractivity contribution in [1.29, 1.82) is 0 Å². The molecule has 0 aromatic heterocycles. The van der Waals surface area contributed by atoms with Crippen molar-refractivity contribution < 1.29 is 18.0 Å². The lowest BCUT2D eigenvalue weighted by Gasteiger charge is -2.18. The first-order chi connectivity index (χ1) is 9.74. The molecule has 0 radical (unpaired) electrons. The Balaban J connectivity index is 2.64. The van der Waals surface area contributed by atoms with Crippen molar-refractivity contribution in [3.05, 3.63) is 35.4 Å². The van der Waals surface area contributed by atoms with E-state index in [0.717, 1.165) is 12.1 Å². The lowest BCUT2D eigenvalue weighted by atomic mass is 10.0. The number of likely N-dealkylation sites (N-methyl/N-ethyl adjacent to an activating group) is 1. The van der Waals surface area contributed by atoms with Gasteiger partial charge in [-0.15, -0.1) is 0 Å². The van der Waals surface area contributed by atoms with Crippen LogP contribution in [0.4, 0.5) is 13.2 Å². The summed E-state index contributed by atoms with van der Waals surface area (Å²) in [7, 11) is 1.69. The molecule has 0 aliphatic rings. The number of alkyl halides is 3. The molecule has 0 spiro atoms. The summed E-state index contributed by atoms with van der Waals surface area (Å²) in [5, 5.41) is 5.58. The lowest BCUT2D eigenvalue weighted by molar-refractivity contribution is -0.137. The van der Waals surface area contributed by atoms with Gasteiger partial charge >= 0.3 is 6.18 Å². The van der Waals surface area contributed by atoms with Crippen LogP contribution in [0, 0.1) is 5.92 Å². The molecule has 0 saturated carbocycles. The van der Waals surface area contributed by atoms with Gasteiger partial charge in [-0.2, -0.15) is 13.2 Å². The van der Waals surface area contributed by atoms with E-state index in [1.165, 1.54) is 6.07 Å². The van der Waals surface area contributed by atoms with Gasteiger partial charge < -0.3 is 10.6 Å². The summed E-state index contributed by atoms with van der Waals surface area (Å²) >= 11 is 0. The van der Waals surface area contributed by atoms with E-state index < -0.39 is 11.7 Å². The number of halogens is 3. The normalized spacial score (nSPS) is 13.3. The van der Waals surface area contributed by atoms with Crippen LogP contribution < -0.4 is 10.6 Å². The van der Waals surface area contributed by atoms with E-state index in [2.05, 4.69) is 10.6 Å². The maximum absolute atomic E-state index is 12.6. The number of amides is 1. The maximum atomic E-state index is 12.6. The molecule has 1 aromatic carbocycles. The minimum atomic E-state index is -4.37. The number of benzene rings is 1. The van der Waals surface area contributed by atoms with Gasteiger partial charge in [-0.3, -0.25) is 4.79 Å². The highest BCUT2D eigenvalue weighted by Crippen LogP contribution is 2.29. The molecule has 2 N–H and O–H groups in total. The molecule has 21 heavy (non-hydrogen) atoms. The van der Waals surface area contributed by atoms with E-state index >= 15 is 0 Å². The molecule has 1 rings (SSSR count). The average molecular weight is 302 g/mol. The third kappa shape index (κ3) is 5.75. The van der Waals surface area contributed by atoms with Crippen LogP contribution in [0.15, 0.2) is 24.3 Å². The lowest BCUT2D eigenvalue weighted by Crippen LogP contribution is -2.43. The fourth-order valence-electron chi connectivity index (χ4n) is 2.00. The predicted molar refractivity (Wildman–Crippen MR) is 75.6 cm³/mol. The summed E-state index contributed by atoms with van der Waals surface area (Å²) in [4.78, 5) is 12.0. The Morgan fingerprint density at radius 1 is 1.29 bits per heavy atom. The third-order valence-corrected chi connectivity index (χ3v) is 3.09. The van der Waals surface area contributed by atoms with E-state index in [1.54, 1.807) is 13.1 Å². The fraction of sp³-hybridized carbons (Fsp3) is 0.533. The largest absolute Gasteiger partial charge is 0.416 e. The Bertz CT molecular complexity index is 472.